The second kappa shape index (κ2) is 4.10. The predicted octanol–water partition coefficient (Wildman–Crippen LogP) is 5.70. The molecule has 5 rings (SSSR count). The first-order chi connectivity index (χ1) is 10.8. The average Bonchev–Trinajstić information content (AvgIpc) is 2.55. The maximum Gasteiger partial charge on any atom is 0.0202 e. The zero-order valence-electron chi connectivity index (χ0n) is 12.9. The topological polar surface area (TPSA) is 0 Å². The summed E-state index contributed by atoms with van der Waals surface area (Å²) in [6, 6.07) is 11.4. The maximum absolute atomic E-state index is 2.39. The number of rotatable bonds is 0. The molecule has 0 heterocycles. The summed E-state index contributed by atoms with van der Waals surface area (Å²) in [5.74, 6) is 0.976. The molecule has 0 bridgehead atoms. The Balaban J connectivity index is 1.95. The highest BCUT2D eigenvalue weighted by atomic mass is 14.4. The van der Waals surface area contributed by atoms with Gasteiger partial charge >= 0.3 is 0 Å². The Hall–Kier alpha value is -2.34. The largest absolute Gasteiger partial charge is 0.0760 e. The van der Waals surface area contributed by atoms with Gasteiger partial charge in [0.25, 0.3) is 0 Å². The van der Waals surface area contributed by atoms with Gasteiger partial charge in [-0.3, -0.25) is 0 Å². The van der Waals surface area contributed by atoms with Gasteiger partial charge in [0, 0.05) is 11.8 Å². The number of aryl methyl sites for hydroxylation is 1. The van der Waals surface area contributed by atoms with Crippen molar-refractivity contribution in [2.75, 3.05) is 0 Å². The van der Waals surface area contributed by atoms with Crippen molar-refractivity contribution < 1.29 is 0 Å². The van der Waals surface area contributed by atoms with Gasteiger partial charge in [-0.25, -0.2) is 0 Å². The molecule has 0 spiro atoms. The highest BCUT2D eigenvalue weighted by Crippen LogP contribution is 2.53. The molecule has 0 amide bonds. The molecule has 0 heteroatoms. The molecule has 106 valence electrons. The van der Waals surface area contributed by atoms with Gasteiger partial charge < -0.3 is 0 Å². The standard InChI is InChI=1S/C22H18/c1-13-9-11-19-18-8-4-6-16-14(2)10-12-20(22(16)18)17-7-3-5-15(13)21(17)19/h3-12,17,21H,1-2H3. The Morgan fingerprint density at radius 1 is 0.864 bits per heavy atom. The first kappa shape index (κ1) is 12.2. The lowest BCUT2D eigenvalue weighted by Crippen LogP contribution is -2.24. The molecule has 2 atom stereocenters. The second-order valence-corrected chi connectivity index (χ2v) is 6.68. The number of hydrogen-bond acceptors (Lipinski definition) is 0. The highest BCUT2D eigenvalue weighted by molar-refractivity contribution is 6.02. The number of allylic oxidation sites excluding steroid dienone is 8. The lowest BCUT2D eigenvalue weighted by Gasteiger charge is -2.39. The zero-order chi connectivity index (χ0) is 14.8. The predicted molar refractivity (Wildman–Crippen MR) is 93.9 cm³/mol. The molecule has 0 aliphatic heterocycles. The average molecular weight is 282 g/mol. The van der Waals surface area contributed by atoms with E-state index in [1.165, 1.54) is 44.2 Å². The Labute approximate surface area is 131 Å². The van der Waals surface area contributed by atoms with Crippen molar-refractivity contribution in [1.82, 2.24) is 0 Å². The Bertz CT molecular complexity index is 947. The van der Waals surface area contributed by atoms with E-state index in [-0.39, 0.29) is 0 Å². The van der Waals surface area contributed by atoms with Crippen molar-refractivity contribution in [2.24, 2.45) is 5.92 Å². The molecule has 3 aliphatic carbocycles. The molecular formula is C22H18. The van der Waals surface area contributed by atoms with Crippen LogP contribution in [0.25, 0.3) is 16.3 Å². The number of benzene rings is 2. The summed E-state index contributed by atoms with van der Waals surface area (Å²) >= 11 is 0. The summed E-state index contributed by atoms with van der Waals surface area (Å²) in [4.78, 5) is 0. The van der Waals surface area contributed by atoms with Gasteiger partial charge in [0.15, 0.2) is 0 Å². The molecule has 0 fully saturated rings. The molecular weight excluding hydrogens is 264 g/mol. The lowest BCUT2D eigenvalue weighted by atomic mass is 9.64. The van der Waals surface area contributed by atoms with E-state index in [0.29, 0.717) is 11.8 Å². The number of hydrogen-bond donors (Lipinski definition) is 0. The van der Waals surface area contributed by atoms with E-state index >= 15 is 0 Å². The van der Waals surface area contributed by atoms with Crippen LogP contribution in [0.2, 0.25) is 0 Å². The summed E-state index contributed by atoms with van der Waals surface area (Å²) in [5, 5.41) is 2.87. The first-order valence-corrected chi connectivity index (χ1v) is 8.05. The molecule has 0 saturated heterocycles. The van der Waals surface area contributed by atoms with Crippen molar-refractivity contribution in [3.8, 4) is 0 Å². The molecule has 0 saturated carbocycles. The van der Waals surface area contributed by atoms with E-state index in [4.69, 9.17) is 0 Å². The van der Waals surface area contributed by atoms with Crippen LogP contribution >= 0.6 is 0 Å². The van der Waals surface area contributed by atoms with Crippen LogP contribution in [0.3, 0.4) is 0 Å². The monoisotopic (exact) mass is 282 g/mol. The molecule has 2 unspecified atom stereocenters. The summed E-state index contributed by atoms with van der Waals surface area (Å²) in [7, 11) is 0. The van der Waals surface area contributed by atoms with Gasteiger partial charge in [0.1, 0.15) is 0 Å². The van der Waals surface area contributed by atoms with Gasteiger partial charge in [0.05, 0.1) is 0 Å². The molecule has 3 aliphatic rings. The SMILES string of the molecule is CC1=CC=C2c3cccc4c(C)ccc(c34)C3C=CC=C1C23. The van der Waals surface area contributed by atoms with Gasteiger partial charge in [-0.15, -0.1) is 0 Å². The van der Waals surface area contributed by atoms with Crippen molar-refractivity contribution in [1.29, 1.82) is 0 Å². The Morgan fingerprint density at radius 2 is 1.77 bits per heavy atom. The van der Waals surface area contributed by atoms with Crippen molar-refractivity contribution >= 4 is 16.3 Å². The minimum atomic E-state index is 0.480. The van der Waals surface area contributed by atoms with Crippen LogP contribution in [0.15, 0.2) is 71.9 Å². The van der Waals surface area contributed by atoms with E-state index in [9.17, 15) is 0 Å². The summed E-state index contributed by atoms with van der Waals surface area (Å²) in [5.41, 5.74) is 8.70. The minimum absolute atomic E-state index is 0.480. The molecule has 2 aromatic rings. The first-order valence-electron chi connectivity index (χ1n) is 8.05. The fourth-order valence-electron chi connectivity index (χ4n) is 4.48. The van der Waals surface area contributed by atoms with Crippen LogP contribution in [0.5, 0.6) is 0 Å². The van der Waals surface area contributed by atoms with E-state index < -0.39 is 0 Å². The van der Waals surface area contributed by atoms with Gasteiger partial charge in [-0.2, -0.15) is 0 Å². The summed E-state index contributed by atoms with van der Waals surface area (Å²) in [6.45, 7) is 4.46. The molecule has 0 radical (unpaired) electrons. The number of fused-ring (bicyclic) bond motifs is 2. The third-order valence-corrected chi connectivity index (χ3v) is 5.55. The fraction of sp³-hybridized carbons (Fsp3) is 0.182. The third-order valence-electron chi connectivity index (χ3n) is 5.55. The van der Waals surface area contributed by atoms with Crippen LogP contribution in [0.1, 0.15) is 29.5 Å². The molecule has 22 heavy (non-hydrogen) atoms. The fourth-order valence-corrected chi connectivity index (χ4v) is 4.48. The van der Waals surface area contributed by atoms with Gasteiger partial charge in [0.2, 0.25) is 0 Å². The molecule has 0 N–H and O–H groups in total. The summed E-state index contributed by atoms with van der Waals surface area (Å²) < 4.78 is 0. The van der Waals surface area contributed by atoms with Crippen molar-refractivity contribution in [2.45, 2.75) is 19.8 Å². The van der Waals surface area contributed by atoms with E-state index in [2.05, 4.69) is 74.6 Å². The zero-order valence-corrected chi connectivity index (χ0v) is 12.9. The van der Waals surface area contributed by atoms with Crippen LogP contribution in [0, 0.1) is 12.8 Å². The minimum Gasteiger partial charge on any atom is -0.0760 e. The van der Waals surface area contributed by atoms with Crippen LogP contribution < -0.4 is 0 Å². The van der Waals surface area contributed by atoms with Crippen molar-refractivity contribution in [3.05, 3.63) is 88.5 Å². The smallest absolute Gasteiger partial charge is 0.0202 e. The van der Waals surface area contributed by atoms with E-state index in [0.717, 1.165) is 0 Å². The van der Waals surface area contributed by atoms with Crippen LogP contribution in [0.4, 0.5) is 0 Å². The quantitative estimate of drug-likeness (QED) is 0.581. The van der Waals surface area contributed by atoms with E-state index in [1.54, 1.807) is 0 Å². The molecule has 0 aromatic heterocycles. The van der Waals surface area contributed by atoms with Crippen LogP contribution in [-0.2, 0) is 0 Å². The van der Waals surface area contributed by atoms with Gasteiger partial charge in [-0.05, 0) is 58.0 Å². The normalized spacial score (nSPS) is 24.5. The highest BCUT2D eigenvalue weighted by Gasteiger charge is 2.37. The Morgan fingerprint density at radius 3 is 2.68 bits per heavy atom. The second-order valence-electron chi connectivity index (χ2n) is 6.68. The Kier molecular flexibility index (Phi) is 2.28. The van der Waals surface area contributed by atoms with E-state index in [1.807, 2.05) is 0 Å². The van der Waals surface area contributed by atoms with Crippen LogP contribution in [-0.4, -0.2) is 0 Å². The van der Waals surface area contributed by atoms with Gasteiger partial charge in [-0.1, -0.05) is 60.7 Å². The van der Waals surface area contributed by atoms with Crippen molar-refractivity contribution in [3.63, 3.8) is 0 Å². The maximum atomic E-state index is 2.39. The summed E-state index contributed by atoms with van der Waals surface area (Å²) in [6.07, 6.45) is 11.6. The molecule has 2 aromatic carbocycles. The lowest BCUT2D eigenvalue weighted by molar-refractivity contribution is 0.675. The molecule has 0 nitrogen and oxygen atoms in total. The third kappa shape index (κ3) is 1.38.